The van der Waals surface area contributed by atoms with Crippen molar-refractivity contribution in [3.8, 4) is 33.8 Å². The molecule has 6 rings (SSSR count). The molecule has 4 aromatic carbocycles. The molecule has 2 fully saturated rings. The fourth-order valence-electron chi connectivity index (χ4n) is 6.43. The second-order valence-electron chi connectivity index (χ2n) is 13.2. The van der Waals surface area contributed by atoms with Gasteiger partial charge in [0.25, 0.3) is 17.8 Å². The normalized spacial score (nSPS) is 16.2. The van der Waals surface area contributed by atoms with Gasteiger partial charge in [0, 0.05) is 73.2 Å². The second-order valence-corrected chi connectivity index (χ2v) is 13.8. The zero-order chi connectivity index (χ0) is 47.8. The number of nitro benzene ring substituents is 2. The zero-order valence-electron chi connectivity index (χ0n) is 40.1. The molecule has 0 unspecified atom stereocenters. The van der Waals surface area contributed by atoms with Crippen LogP contribution in [0.4, 0.5) is 15.8 Å². The summed E-state index contributed by atoms with van der Waals surface area (Å²) in [5.74, 6) is 0.626. The molecule has 68 heavy (non-hydrogen) atoms. The second kappa shape index (κ2) is 39.9. The summed E-state index contributed by atoms with van der Waals surface area (Å²) in [6, 6.07) is 23.4. The Kier molecular flexibility index (Phi) is 41.3. The number of esters is 2. The number of alkyl halides is 2. The van der Waals surface area contributed by atoms with E-state index in [0.29, 0.717) is 49.5 Å². The van der Waals surface area contributed by atoms with Gasteiger partial charge in [-0.1, -0.05) is 59.8 Å². The van der Waals surface area contributed by atoms with E-state index in [9.17, 15) is 39.3 Å². The summed E-state index contributed by atoms with van der Waals surface area (Å²) in [6.07, 6.45) is -0.185. The SMILES string of the molecule is C.COC(=O)[C@H]1C[C@H](O)CN1.COC(=O)[C@H]1C[C@H](O)CN1Cc1ccc(OC)c(-c2cccc([N+](=O)[O-])c2)c1.COc1ccc(CBr)cc1-c1cccc([N+](=O)[O-])c1.Cl.O=CO[O-].[2H]CF.[CH3-].[Cs+].[Cs+].[H-]. The van der Waals surface area contributed by atoms with Gasteiger partial charge in [-0.25, -0.2) is 0 Å². The number of carbonyl (C=O) groups is 3. The van der Waals surface area contributed by atoms with Crippen LogP contribution in [0.3, 0.4) is 0 Å². The first-order valence-corrected chi connectivity index (χ1v) is 19.7. The number of nitrogens with zero attached hydrogens (tertiary/aromatic N) is 3. The topological polar surface area (TPSA) is 262 Å². The summed E-state index contributed by atoms with van der Waals surface area (Å²) in [6.45, 7) is 1.11. The van der Waals surface area contributed by atoms with Crippen LogP contribution in [0.25, 0.3) is 22.3 Å². The van der Waals surface area contributed by atoms with E-state index in [1.54, 1.807) is 44.6 Å². The summed E-state index contributed by atoms with van der Waals surface area (Å²) < 4.78 is 35.5. The minimum absolute atomic E-state index is 0. The van der Waals surface area contributed by atoms with Crippen LogP contribution in [0.1, 0.15) is 34.2 Å². The predicted octanol–water partition coefficient (Wildman–Crippen LogP) is 0.0752. The predicted molar refractivity (Wildman–Crippen MR) is 250 cm³/mol. The van der Waals surface area contributed by atoms with Crippen LogP contribution in [0.15, 0.2) is 84.9 Å². The Morgan fingerprint density at radius 3 is 1.69 bits per heavy atom. The number of non-ortho nitro benzene ring substituents is 2. The number of rotatable bonds is 12. The number of nitrogens with one attached hydrogen (secondary N) is 1. The van der Waals surface area contributed by atoms with Gasteiger partial charge in [-0.3, -0.25) is 43.9 Å². The van der Waals surface area contributed by atoms with Crippen molar-refractivity contribution < 1.29 is 209 Å². The van der Waals surface area contributed by atoms with Gasteiger partial charge in [0.15, 0.2) is 0 Å². The Balaban J connectivity index is -0.000000292. The molecule has 0 saturated carbocycles. The molecule has 2 aliphatic rings. The first kappa shape index (κ1) is 70.5. The summed E-state index contributed by atoms with van der Waals surface area (Å²) in [5.41, 5.74) is 5.06. The van der Waals surface area contributed by atoms with Crippen molar-refractivity contribution in [1.29, 1.82) is 0 Å². The maximum absolute atomic E-state index is 12.0. The van der Waals surface area contributed by atoms with Crippen molar-refractivity contribution in [3.05, 3.63) is 124 Å². The molecule has 2 saturated heterocycles. The van der Waals surface area contributed by atoms with Crippen LogP contribution in [-0.4, -0.2) is 116 Å². The van der Waals surface area contributed by atoms with Gasteiger partial charge in [0.1, 0.15) is 23.6 Å². The standard InChI is InChI=1S/C20H22N2O6.C14H12BrNO3.C6H11NO3.CH3F.CH2O3.CH4.CH3.ClH.2Cs.H/c1-27-19-7-6-13(11-21-12-16(23)10-18(21)20(24)28-2)8-17(19)14-4-3-5-15(9-14)22(25)26;1-19-14-6-5-10(9-15)7-13(14)11-3-2-4-12(8-11)16(17)18;1-10-6(9)5-2-4(8)3-7-5;1-2;2-1-4-3;;;;;;/h3-9,16,18,23H,10-12H2,1-2H3;2-8H,9H2,1H3;4-5,7-8H,2-3H2,1H3;1H3;1,3H;1H4;1H3;1H;;;/q;;;;;;-1;;2*+1;-1/p-1/t16-,18+;;4-,5+;;;;;;;;/m0.0......../s1/i;;;1D;;;;;;;. The van der Waals surface area contributed by atoms with Crippen LogP contribution in [-0.2, 0) is 40.6 Å². The summed E-state index contributed by atoms with van der Waals surface area (Å²) in [7, 11) is 4.80. The Bertz CT molecular complexity index is 2170. The first-order chi connectivity index (χ1) is 30.6. The molecule has 2 heterocycles. The Hall–Kier alpha value is -1.71. The molecule has 0 amide bonds. The number of aliphatic hydroxyl groups is 2. The Morgan fingerprint density at radius 2 is 1.31 bits per heavy atom. The van der Waals surface area contributed by atoms with Crippen LogP contribution in [0.5, 0.6) is 11.5 Å². The maximum atomic E-state index is 12.0. The molecule has 0 aliphatic carbocycles. The summed E-state index contributed by atoms with van der Waals surface area (Å²) in [4.78, 5) is 57.0. The van der Waals surface area contributed by atoms with Crippen LogP contribution >= 0.6 is 28.3 Å². The summed E-state index contributed by atoms with van der Waals surface area (Å²) >= 11 is 3.40. The zero-order valence-corrected chi connectivity index (χ0v) is 53.1. The van der Waals surface area contributed by atoms with Gasteiger partial charge in [-0.2, -0.15) is 0 Å². The number of methoxy groups -OCH3 is 4. The first-order valence-electron chi connectivity index (χ1n) is 19.3. The van der Waals surface area contributed by atoms with Gasteiger partial charge in [0.2, 0.25) is 0 Å². The number of hydrogen-bond acceptors (Lipinski definition) is 17. The molecule has 3 N–H and O–H groups in total. The molecule has 368 valence electrons. The van der Waals surface area contributed by atoms with Crippen molar-refractivity contribution in [3.63, 3.8) is 0 Å². The number of nitro groups is 2. The third kappa shape index (κ3) is 23.7. The molecule has 0 aromatic heterocycles. The van der Waals surface area contributed by atoms with Crippen molar-refractivity contribution in [2.24, 2.45) is 0 Å². The fourth-order valence-corrected chi connectivity index (χ4v) is 6.77. The van der Waals surface area contributed by atoms with Gasteiger partial charge in [0.05, 0.1) is 59.0 Å². The fraction of sp³-hybridized carbons (Fsp3) is 0.364. The van der Waals surface area contributed by atoms with Crippen LogP contribution < -0.4 is 158 Å². The molecule has 0 radical (unpaired) electrons. The van der Waals surface area contributed by atoms with Crippen molar-refractivity contribution >= 4 is 58.1 Å². The van der Waals surface area contributed by atoms with Gasteiger partial charge in [-0.05, 0) is 46.5 Å². The van der Waals surface area contributed by atoms with E-state index in [2.05, 4.69) is 30.9 Å². The number of benzene rings is 4. The Labute approximate surface area is 531 Å². The molecular weight excluding hydrogens is 1220 g/mol. The minimum Gasteiger partial charge on any atom is -1.00 e. The molecule has 0 spiro atoms. The number of halogens is 3. The van der Waals surface area contributed by atoms with Crippen molar-refractivity contribution in [1.82, 2.24) is 10.2 Å². The maximum Gasteiger partial charge on any atom is 1.00 e. The van der Waals surface area contributed by atoms with E-state index >= 15 is 0 Å². The van der Waals surface area contributed by atoms with E-state index in [1.165, 1.54) is 32.4 Å². The largest absolute Gasteiger partial charge is 1.00 e. The number of ether oxygens (including phenoxy) is 4. The smallest absolute Gasteiger partial charge is 1.00 e. The number of likely N-dealkylation sites (tertiary alicyclic amines) is 1. The van der Waals surface area contributed by atoms with Crippen LogP contribution in [0.2, 0.25) is 0 Å². The molecular formula is C44H58BrClCs2FN4O15-. The monoisotopic (exact) mass is 1280 g/mol. The van der Waals surface area contributed by atoms with E-state index in [0.717, 1.165) is 33.1 Å². The van der Waals surface area contributed by atoms with Gasteiger partial charge in [-0.15, -0.1) is 12.4 Å². The van der Waals surface area contributed by atoms with E-state index < -0.39 is 35.2 Å². The van der Waals surface area contributed by atoms with E-state index in [1.807, 2.05) is 41.3 Å². The van der Waals surface area contributed by atoms with Gasteiger partial charge >= 0.3 is 150 Å². The molecule has 24 heteroatoms. The Morgan fingerprint density at radius 1 is 0.853 bits per heavy atom. The molecule has 4 atom stereocenters. The van der Waals surface area contributed by atoms with E-state index in [-0.39, 0.29) is 202 Å². The third-order valence-electron chi connectivity index (χ3n) is 9.29. The molecule has 19 nitrogen and oxygen atoms in total. The quantitative estimate of drug-likeness (QED) is 0.0323. The molecule has 4 aromatic rings. The number of carbonyl (C=O) groups excluding carboxylic acids is 3. The number of aliphatic hydroxyl groups excluding tert-OH is 2. The van der Waals surface area contributed by atoms with Crippen LogP contribution in [0, 0.1) is 27.7 Å². The van der Waals surface area contributed by atoms with E-state index in [4.69, 9.17) is 30.7 Å². The molecule has 2 aliphatic heterocycles. The van der Waals surface area contributed by atoms with Crippen molar-refractivity contribution in [2.45, 2.75) is 56.4 Å². The van der Waals surface area contributed by atoms with Crippen molar-refractivity contribution in [2.75, 3.05) is 48.7 Å². The third-order valence-corrected chi connectivity index (χ3v) is 9.94. The average Bonchev–Trinajstić information content (AvgIpc) is 3.93. The number of hydrogen-bond donors (Lipinski definition) is 3. The minimum atomic E-state index is -1.00. The average molecular weight is 1280 g/mol. The van der Waals surface area contributed by atoms with Gasteiger partial charge < -0.3 is 53.5 Å². The number of β-amino-alcohol motifs (C(OH)–C–C–N with tert-alkyl or cyclic N) is 2. The summed E-state index contributed by atoms with van der Waals surface area (Å²) in [5, 5.41) is 52.8. The molecule has 0 bridgehead atoms.